The van der Waals surface area contributed by atoms with Crippen LogP contribution in [0.15, 0.2) is 29.2 Å². The van der Waals surface area contributed by atoms with Gasteiger partial charge in [-0.2, -0.15) is 0 Å². The van der Waals surface area contributed by atoms with Crippen LogP contribution in [0.3, 0.4) is 0 Å². The highest BCUT2D eigenvalue weighted by Crippen LogP contribution is 2.21. The number of benzene rings is 1. The van der Waals surface area contributed by atoms with Crippen molar-refractivity contribution in [3.63, 3.8) is 0 Å². The summed E-state index contributed by atoms with van der Waals surface area (Å²) >= 11 is 0. The molecule has 0 bridgehead atoms. The van der Waals surface area contributed by atoms with Crippen LogP contribution < -0.4 is 10.5 Å². The number of H-pyrrole nitrogens is 1. The molecule has 78 valence electrons. The summed E-state index contributed by atoms with van der Waals surface area (Å²) in [5.41, 5.74) is 0.348. The Morgan fingerprint density at radius 1 is 1.33 bits per heavy atom. The first-order chi connectivity index (χ1) is 7.09. The van der Waals surface area contributed by atoms with Gasteiger partial charge in [0.25, 0.3) is 5.56 Å². The standard InChI is InChI=1S/C11H11FN2O/c1-14(2)8-5-7-3-4-13-11(15)10(7)9(12)6-8/h3-6H,1-2H3,(H,13,15). The highest BCUT2D eigenvalue weighted by atomic mass is 19.1. The molecular weight excluding hydrogens is 195 g/mol. The number of aromatic amines is 1. The zero-order valence-electron chi connectivity index (χ0n) is 8.54. The number of nitrogens with zero attached hydrogens (tertiary/aromatic N) is 1. The normalized spacial score (nSPS) is 10.6. The number of rotatable bonds is 1. The molecule has 0 aliphatic heterocycles. The van der Waals surface area contributed by atoms with E-state index in [0.29, 0.717) is 5.39 Å². The summed E-state index contributed by atoms with van der Waals surface area (Å²) in [4.78, 5) is 15.6. The van der Waals surface area contributed by atoms with Gasteiger partial charge in [0.05, 0.1) is 5.39 Å². The summed E-state index contributed by atoms with van der Waals surface area (Å²) < 4.78 is 13.6. The van der Waals surface area contributed by atoms with Crippen molar-refractivity contribution in [3.8, 4) is 0 Å². The molecule has 1 N–H and O–H groups in total. The molecule has 1 aromatic heterocycles. The van der Waals surface area contributed by atoms with E-state index < -0.39 is 11.4 Å². The van der Waals surface area contributed by atoms with Crippen LogP contribution in [0.4, 0.5) is 10.1 Å². The van der Waals surface area contributed by atoms with Crippen molar-refractivity contribution in [3.05, 3.63) is 40.6 Å². The lowest BCUT2D eigenvalue weighted by Gasteiger charge is -2.13. The molecule has 1 aromatic carbocycles. The van der Waals surface area contributed by atoms with E-state index in [4.69, 9.17) is 0 Å². The Bertz CT molecular complexity index is 560. The van der Waals surface area contributed by atoms with E-state index in [1.165, 1.54) is 12.3 Å². The SMILES string of the molecule is CN(C)c1cc(F)c2c(=O)[nH]ccc2c1. The molecule has 0 saturated carbocycles. The second-order valence-corrected chi connectivity index (χ2v) is 3.59. The highest BCUT2D eigenvalue weighted by Gasteiger charge is 2.07. The Kier molecular flexibility index (Phi) is 2.19. The molecule has 0 aliphatic rings. The molecule has 2 aromatic rings. The molecule has 0 aliphatic carbocycles. The van der Waals surface area contributed by atoms with Gasteiger partial charge in [-0.25, -0.2) is 4.39 Å². The number of pyridine rings is 1. The van der Waals surface area contributed by atoms with Crippen molar-refractivity contribution in [1.82, 2.24) is 4.98 Å². The van der Waals surface area contributed by atoms with Crippen LogP contribution >= 0.6 is 0 Å². The van der Waals surface area contributed by atoms with E-state index in [1.807, 2.05) is 14.1 Å². The first-order valence-electron chi connectivity index (χ1n) is 4.58. The monoisotopic (exact) mass is 206 g/mol. The smallest absolute Gasteiger partial charge is 0.258 e. The maximum Gasteiger partial charge on any atom is 0.258 e. The minimum absolute atomic E-state index is 0.114. The van der Waals surface area contributed by atoms with Crippen LogP contribution in [-0.2, 0) is 0 Å². The summed E-state index contributed by atoms with van der Waals surface area (Å²) in [6.45, 7) is 0. The first kappa shape index (κ1) is 9.71. The number of aromatic nitrogens is 1. The fourth-order valence-electron chi connectivity index (χ4n) is 1.52. The van der Waals surface area contributed by atoms with E-state index in [-0.39, 0.29) is 5.39 Å². The second-order valence-electron chi connectivity index (χ2n) is 3.59. The quantitative estimate of drug-likeness (QED) is 0.771. The van der Waals surface area contributed by atoms with Crippen LogP contribution in [0.5, 0.6) is 0 Å². The summed E-state index contributed by atoms with van der Waals surface area (Å²) in [5, 5.41) is 0.727. The molecule has 15 heavy (non-hydrogen) atoms. The molecule has 0 atom stereocenters. The molecule has 4 heteroatoms. The van der Waals surface area contributed by atoms with Gasteiger partial charge in [-0.05, 0) is 23.6 Å². The van der Waals surface area contributed by atoms with Crippen LogP contribution in [-0.4, -0.2) is 19.1 Å². The lowest BCUT2D eigenvalue weighted by Crippen LogP contribution is -2.11. The molecule has 2 rings (SSSR count). The molecule has 0 saturated heterocycles. The Morgan fingerprint density at radius 3 is 2.73 bits per heavy atom. The van der Waals surface area contributed by atoms with Crippen molar-refractivity contribution in [2.45, 2.75) is 0 Å². The Hall–Kier alpha value is -1.84. The Morgan fingerprint density at radius 2 is 2.07 bits per heavy atom. The highest BCUT2D eigenvalue weighted by molar-refractivity contribution is 5.85. The van der Waals surface area contributed by atoms with E-state index in [0.717, 1.165) is 5.69 Å². The number of hydrogen-bond acceptors (Lipinski definition) is 2. The third-order valence-electron chi connectivity index (χ3n) is 2.33. The molecule has 0 amide bonds. The molecule has 0 fully saturated rings. The summed E-state index contributed by atoms with van der Waals surface area (Å²) in [6, 6.07) is 4.83. The summed E-state index contributed by atoms with van der Waals surface area (Å²) in [6.07, 6.45) is 1.52. The number of halogens is 1. The molecular formula is C11H11FN2O. The molecule has 3 nitrogen and oxygen atoms in total. The minimum atomic E-state index is -0.488. The second kappa shape index (κ2) is 3.38. The maximum absolute atomic E-state index is 13.6. The lowest BCUT2D eigenvalue weighted by molar-refractivity contribution is 0.638. The fourth-order valence-corrected chi connectivity index (χ4v) is 1.52. The van der Waals surface area contributed by atoms with Gasteiger partial charge in [-0.1, -0.05) is 0 Å². The van der Waals surface area contributed by atoms with Gasteiger partial charge in [-0.3, -0.25) is 4.79 Å². The lowest BCUT2D eigenvalue weighted by atomic mass is 10.1. The van der Waals surface area contributed by atoms with Crippen molar-refractivity contribution in [1.29, 1.82) is 0 Å². The molecule has 0 unspecified atom stereocenters. The van der Waals surface area contributed by atoms with E-state index in [2.05, 4.69) is 4.98 Å². The van der Waals surface area contributed by atoms with Crippen molar-refractivity contribution in [2.75, 3.05) is 19.0 Å². The van der Waals surface area contributed by atoms with Crippen LogP contribution in [0.2, 0.25) is 0 Å². The van der Waals surface area contributed by atoms with E-state index >= 15 is 0 Å². The first-order valence-corrected chi connectivity index (χ1v) is 4.58. The van der Waals surface area contributed by atoms with Gasteiger partial charge in [-0.15, -0.1) is 0 Å². The van der Waals surface area contributed by atoms with Gasteiger partial charge in [0.15, 0.2) is 0 Å². The number of hydrogen-bond donors (Lipinski definition) is 1. The van der Waals surface area contributed by atoms with Gasteiger partial charge in [0, 0.05) is 26.0 Å². The Labute approximate surface area is 86.1 Å². The number of fused-ring (bicyclic) bond motifs is 1. The topological polar surface area (TPSA) is 36.1 Å². The fraction of sp³-hybridized carbons (Fsp3) is 0.182. The van der Waals surface area contributed by atoms with Gasteiger partial charge >= 0.3 is 0 Å². The molecule has 0 radical (unpaired) electrons. The van der Waals surface area contributed by atoms with Gasteiger partial charge in [0.2, 0.25) is 0 Å². The molecule has 0 spiro atoms. The Balaban J connectivity index is 2.84. The van der Waals surface area contributed by atoms with Gasteiger partial charge in [0.1, 0.15) is 5.82 Å². The minimum Gasteiger partial charge on any atom is -0.378 e. The summed E-state index contributed by atoms with van der Waals surface area (Å²) in [7, 11) is 3.65. The van der Waals surface area contributed by atoms with Crippen molar-refractivity contribution in [2.24, 2.45) is 0 Å². The third-order valence-corrected chi connectivity index (χ3v) is 2.33. The van der Waals surface area contributed by atoms with Gasteiger partial charge < -0.3 is 9.88 Å². The van der Waals surface area contributed by atoms with Crippen molar-refractivity contribution < 1.29 is 4.39 Å². The predicted molar refractivity (Wildman–Crippen MR) is 58.9 cm³/mol. The average Bonchev–Trinajstić information content (AvgIpc) is 2.17. The predicted octanol–water partition coefficient (Wildman–Crippen LogP) is 1.73. The zero-order valence-corrected chi connectivity index (χ0v) is 8.54. The van der Waals surface area contributed by atoms with Crippen molar-refractivity contribution >= 4 is 16.5 Å². The van der Waals surface area contributed by atoms with Crippen LogP contribution in [0.1, 0.15) is 0 Å². The zero-order chi connectivity index (χ0) is 11.0. The number of nitrogens with one attached hydrogen (secondary N) is 1. The average molecular weight is 206 g/mol. The molecule has 1 heterocycles. The maximum atomic E-state index is 13.6. The van der Waals surface area contributed by atoms with Crippen LogP contribution in [0.25, 0.3) is 10.8 Å². The largest absolute Gasteiger partial charge is 0.378 e. The van der Waals surface area contributed by atoms with E-state index in [9.17, 15) is 9.18 Å². The van der Waals surface area contributed by atoms with Crippen LogP contribution in [0, 0.1) is 5.82 Å². The van der Waals surface area contributed by atoms with E-state index in [1.54, 1.807) is 17.0 Å². The number of anilines is 1. The summed E-state index contributed by atoms with van der Waals surface area (Å²) in [5.74, 6) is -0.488. The third kappa shape index (κ3) is 1.58.